The molecule has 1 amide bonds. The maximum absolute atomic E-state index is 12.4. The molecule has 0 radical (unpaired) electrons. The van der Waals surface area contributed by atoms with Gasteiger partial charge in [-0.25, -0.2) is 4.79 Å². The van der Waals surface area contributed by atoms with Crippen molar-refractivity contribution >= 4 is 30.0 Å². The zero-order chi connectivity index (χ0) is 18.9. The highest BCUT2D eigenvalue weighted by atomic mass is 35.5. The summed E-state index contributed by atoms with van der Waals surface area (Å²) in [7, 11) is 2.75. The van der Waals surface area contributed by atoms with Gasteiger partial charge in [0.15, 0.2) is 0 Å². The third kappa shape index (κ3) is 6.25. The predicted molar refractivity (Wildman–Crippen MR) is 107 cm³/mol. The highest BCUT2D eigenvalue weighted by Gasteiger charge is 2.15. The van der Waals surface area contributed by atoms with Crippen molar-refractivity contribution < 1.29 is 19.1 Å². The van der Waals surface area contributed by atoms with Gasteiger partial charge in [-0.3, -0.25) is 9.78 Å². The predicted octanol–water partition coefficient (Wildman–Crippen LogP) is 4.28. The molecular weight excluding hydrogens is 368 g/mol. The standard InChI is InChI=1S/C20H24N2O4.ClH/c1-4-5-6-7-14-8-11-17(21-13-14)19(23)22-15-9-10-16(20(24)26-3)18(12-15)25-2;/h8-13H,4-7H2,1-3H3,(H,22,23);1H. The molecule has 146 valence electrons. The smallest absolute Gasteiger partial charge is 0.341 e. The van der Waals surface area contributed by atoms with Crippen molar-refractivity contribution in [3.8, 4) is 5.75 Å². The summed E-state index contributed by atoms with van der Waals surface area (Å²) in [4.78, 5) is 28.3. The van der Waals surface area contributed by atoms with Crippen LogP contribution in [0.5, 0.6) is 5.75 Å². The van der Waals surface area contributed by atoms with Crippen LogP contribution in [0.3, 0.4) is 0 Å². The molecule has 0 spiro atoms. The van der Waals surface area contributed by atoms with Gasteiger partial charge in [0, 0.05) is 18.0 Å². The number of benzene rings is 1. The lowest BCUT2D eigenvalue weighted by atomic mass is 10.1. The maximum Gasteiger partial charge on any atom is 0.341 e. The first-order chi connectivity index (χ1) is 12.6. The Balaban J connectivity index is 0.00000364. The third-order valence-corrected chi connectivity index (χ3v) is 3.99. The van der Waals surface area contributed by atoms with E-state index in [1.165, 1.54) is 27.1 Å². The number of unbranched alkanes of at least 4 members (excludes halogenated alkanes) is 2. The molecule has 1 aromatic carbocycles. The zero-order valence-electron chi connectivity index (χ0n) is 15.8. The van der Waals surface area contributed by atoms with Crippen molar-refractivity contribution in [2.75, 3.05) is 19.5 Å². The summed E-state index contributed by atoms with van der Waals surface area (Å²) in [6, 6.07) is 8.38. The van der Waals surface area contributed by atoms with E-state index < -0.39 is 5.97 Å². The van der Waals surface area contributed by atoms with E-state index in [1.54, 1.807) is 30.5 Å². The summed E-state index contributed by atoms with van der Waals surface area (Å²) in [6.45, 7) is 2.17. The number of methoxy groups -OCH3 is 2. The second-order valence-corrected chi connectivity index (χ2v) is 5.87. The van der Waals surface area contributed by atoms with Crippen molar-refractivity contribution in [2.45, 2.75) is 32.6 Å². The van der Waals surface area contributed by atoms with Gasteiger partial charge in [0.1, 0.15) is 17.0 Å². The number of aromatic nitrogens is 1. The van der Waals surface area contributed by atoms with Gasteiger partial charge in [0.2, 0.25) is 0 Å². The molecule has 0 atom stereocenters. The lowest BCUT2D eigenvalue weighted by molar-refractivity contribution is 0.0597. The Kier molecular flexibility index (Phi) is 9.30. The molecule has 7 heteroatoms. The number of nitrogens with one attached hydrogen (secondary N) is 1. The average molecular weight is 393 g/mol. The normalized spacial score (nSPS) is 9.89. The van der Waals surface area contributed by atoms with Crippen molar-refractivity contribution in [1.82, 2.24) is 4.98 Å². The van der Waals surface area contributed by atoms with E-state index in [9.17, 15) is 9.59 Å². The van der Waals surface area contributed by atoms with Crippen LogP contribution in [0, 0.1) is 0 Å². The number of ether oxygens (including phenoxy) is 2. The molecule has 0 unspecified atom stereocenters. The van der Waals surface area contributed by atoms with Gasteiger partial charge in [0.25, 0.3) is 5.91 Å². The summed E-state index contributed by atoms with van der Waals surface area (Å²) in [6.07, 6.45) is 6.19. The molecule has 0 fully saturated rings. The molecule has 0 aliphatic rings. The quantitative estimate of drug-likeness (QED) is 0.535. The summed E-state index contributed by atoms with van der Waals surface area (Å²) in [5.41, 5.74) is 2.26. The average Bonchev–Trinajstić information content (AvgIpc) is 2.68. The number of hydrogen-bond acceptors (Lipinski definition) is 5. The van der Waals surface area contributed by atoms with Gasteiger partial charge < -0.3 is 14.8 Å². The number of amides is 1. The molecule has 2 rings (SSSR count). The summed E-state index contributed by atoms with van der Waals surface area (Å²) < 4.78 is 9.89. The van der Waals surface area contributed by atoms with E-state index in [1.807, 2.05) is 6.07 Å². The van der Waals surface area contributed by atoms with Crippen LogP contribution in [0.4, 0.5) is 5.69 Å². The Bertz CT molecular complexity index is 763. The molecule has 0 saturated heterocycles. The van der Waals surface area contributed by atoms with Crippen LogP contribution < -0.4 is 10.1 Å². The number of pyridine rings is 1. The maximum atomic E-state index is 12.4. The van der Waals surface area contributed by atoms with Crippen LogP contribution in [-0.2, 0) is 11.2 Å². The first-order valence-electron chi connectivity index (χ1n) is 8.61. The number of hydrogen-bond donors (Lipinski definition) is 1. The van der Waals surface area contributed by atoms with Crippen molar-refractivity contribution in [3.63, 3.8) is 0 Å². The second kappa shape index (κ2) is 11.2. The van der Waals surface area contributed by atoms with Crippen LogP contribution in [0.15, 0.2) is 36.5 Å². The largest absolute Gasteiger partial charge is 0.496 e. The van der Waals surface area contributed by atoms with Crippen LogP contribution in [0.1, 0.15) is 52.6 Å². The highest BCUT2D eigenvalue weighted by Crippen LogP contribution is 2.24. The van der Waals surface area contributed by atoms with Gasteiger partial charge in [-0.2, -0.15) is 0 Å². The van der Waals surface area contributed by atoms with E-state index >= 15 is 0 Å². The number of halogens is 1. The van der Waals surface area contributed by atoms with E-state index in [-0.39, 0.29) is 18.3 Å². The molecule has 1 N–H and O–H groups in total. The Hall–Kier alpha value is -2.60. The van der Waals surface area contributed by atoms with Gasteiger partial charge in [-0.1, -0.05) is 25.8 Å². The van der Waals surface area contributed by atoms with E-state index in [0.717, 1.165) is 18.4 Å². The van der Waals surface area contributed by atoms with Crippen LogP contribution >= 0.6 is 12.4 Å². The molecule has 0 bridgehead atoms. The number of carbonyl (C=O) groups excluding carboxylic acids is 2. The molecule has 1 aromatic heterocycles. The van der Waals surface area contributed by atoms with Gasteiger partial charge in [0.05, 0.1) is 14.2 Å². The summed E-state index contributed by atoms with van der Waals surface area (Å²) >= 11 is 0. The zero-order valence-corrected chi connectivity index (χ0v) is 16.6. The first-order valence-corrected chi connectivity index (χ1v) is 8.61. The van der Waals surface area contributed by atoms with Crippen molar-refractivity contribution in [3.05, 3.63) is 53.3 Å². The number of anilines is 1. The fourth-order valence-corrected chi connectivity index (χ4v) is 2.53. The Morgan fingerprint density at radius 3 is 2.48 bits per heavy atom. The van der Waals surface area contributed by atoms with E-state index in [0.29, 0.717) is 22.7 Å². The van der Waals surface area contributed by atoms with Gasteiger partial charge >= 0.3 is 5.97 Å². The van der Waals surface area contributed by atoms with E-state index in [2.05, 4.69) is 17.2 Å². The Labute approximate surface area is 165 Å². The fraction of sp³-hybridized carbons (Fsp3) is 0.350. The van der Waals surface area contributed by atoms with E-state index in [4.69, 9.17) is 9.47 Å². The number of nitrogens with zero attached hydrogens (tertiary/aromatic N) is 1. The van der Waals surface area contributed by atoms with Crippen molar-refractivity contribution in [2.24, 2.45) is 0 Å². The highest BCUT2D eigenvalue weighted by molar-refractivity contribution is 6.03. The van der Waals surface area contributed by atoms with Crippen molar-refractivity contribution in [1.29, 1.82) is 0 Å². The Morgan fingerprint density at radius 2 is 1.89 bits per heavy atom. The molecular formula is C20H25ClN2O4. The topological polar surface area (TPSA) is 77.5 Å². The molecule has 27 heavy (non-hydrogen) atoms. The van der Waals surface area contributed by atoms with Crippen LogP contribution in [-0.4, -0.2) is 31.1 Å². The molecule has 1 heterocycles. The lowest BCUT2D eigenvalue weighted by Gasteiger charge is -2.10. The van der Waals surface area contributed by atoms with Crippen LogP contribution in [0.2, 0.25) is 0 Å². The minimum absolute atomic E-state index is 0. The van der Waals surface area contributed by atoms with Gasteiger partial charge in [-0.15, -0.1) is 12.4 Å². The molecule has 0 aliphatic heterocycles. The molecule has 0 aliphatic carbocycles. The number of aryl methyl sites for hydroxylation is 1. The Morgan fingerprint density at radius 1 is 1.11 bits per heavy atom. The minimum Gasteiger partial charge on any atom is -0.496 e. The molecule has 2 aromatic rings. The number of rotatable bonds is 8. The second-order valence-electron chi connectivity index (χ2n) is 5.87. The third-order valence-electron chi connectivity index (χ3n) is 3.99. The fourth-order valence-electron chi connectivity index (χ4n) is 2.53. The monoisotopic (exact) mass is 392 g/mol. The summed E-state index contributed by atoms with van der Waals surface area (Å²) in [5.74, 6) is -0.494. The van der Waals surface area contributed by atoms with Crippen LogP contribution in [0.25, 0.3) is 0 Å². The lowest BCUT2D eigenvalue weighted by Crippen LogP contribution is -2.14. The number of carbonyl (C=O) groups is 2. The molecule has 0 saturated carbocycles. The minimum atomic E-state index is -0.500. The SMILES string of the molecule is CCCCCc1ccc(C(=O)Nc2ccc(C(=O)OC)c(OC)c2)nc1.Cl. The first kappa shape index (κ1) is 22.4. The number of esters is 1. The summed E-state index contributed by atoms with van der Waals surface area (Å²) in [5, 5.41) is 2.76. The van der Waals surface area contributed by atoms with Gasteiger partial charge in [-0.05, 0) is 36.6 Å². The molecule has 6 nitrogen and oxygen atoms in total.